The number of hydrogen-bond acceptors (Lipinski definition) is 2. The van der Waals surface area contributed by atoms with Gasteiger partial charge in [0.2, 0.25) is 0 Å². The first kappa shape index (κ1) is 13.9. The number of aliphatic hydroxyl groups excluding tert-OH is 1. The third-order valence-corrected chi connectivity index (χ3v) is 2.69. The van der Waals surface area contributed by atoms with Crippen LogP contribution in [0.2, 0.25) is 0 Å². The second kappa shape index (κ2) is 7.24. The van der Waals surface area contributed by atoms with Crippen LogP contribution in [0.1, 0.15) is 47.0 Å². The van der Waals surface area contributed by atoms with E-state index in [9.17, 15) is 5.11 Å². The molecule has 0 aromatic rings. The molecule has 0 aliphatic rings. The summed E-state index contributed by atoms with van der Waals surface area (Å²) in [6.07, 6.45) is 3.03. The van der Waals surface area contributed by atoms with Crippen LogP contribution in [0.3, 0.4) is 0 Å². The van der Waals surface area contributed by atoms with Crippen LogP contribution in [-0.4, -0.2) is 35.7 Å². The van der Waals surface area contributed by atoms with Gasteiger partial charge in [0, 0.05) is 12.6 Å². The SMILES string of the molecule is CCCC(O)CN(C)C(C)CC(C)C. The quantitative estimate of drug-likeness (QED) is 0.684. The Bertz CT molecular complexity index is 136. The zero-order valence-electron chi connectivity index (χ0n) is 10.5. The van der Waals surface area contributed by atoms with Crippen LogP contribution in [0.5, 0.6) is 0 Å². The molecule has 2 atom stereocenters. The fourth-order valence-electron chi connectivity index (χ4n) is 1.80. The molecule has 0 spiro atoms. The molecule has 86 valence electrons. The Morgan fingerprint density at radius 1 is 1.21 bits per heavy atom. The van der Waals surface area contributed by atoms with E-state index in [1.807, 2.05) is 0 Å². The van der Waals surface area contributed by atoms with Gasteiger partial charge in [-0.15, -0.1) is 0 Å². The Morgan fingerprint density at radius 2 is 1.79 bits per heavy atom. The number of likely N-dealkylation sites (N-methyl/N-ethyl adjacent to an activating group) is 1. The van der Waals surface area contributed by atoms with Crippen molar-refractivity contribution in [2.45, 2.75) is 59.1 Å². The largest absolute Gasteiger partial charge is 0.392 e. The van der Waals surface area contributed by atoms with Crippen LogP contribution in [0.25, 0.3) is 0 Å². The summed E-state index contributed by atoms with van der Waals surface area (Å²) in [6.45, 7) is 9.64. The lowest BCUT2D eigenvalue weighted by atomic mass is 10.0. The van der Waals surface area contributed by atoms with E-state index < -0.39 is 0 Å². The Morgan fingerprint density at radius 3 is 2.21 bits per heavy atom. The maximum Gasteiger partial charge on any atom is 0.0667 e. The Labute approximate surface area is 89.3 Å². The molecule has 0 saturated carbocycles. The van der Waals surface area contributed by atoms with E-state index in [1.165, 1.54) is 6.42 Å². The van der Waals surface area contributed by atoms with E-state index >= 15 is 0 Å². The highest BCUT2D eigenvalue weighted by Crippen LogP contribution is 2.10. The zero-order valence-corrected chi connectivity index (χ0v) is 10.5. The Hall–Kier alpha value is -0.0800. The van der Waals surface area contributed by atoms with Gasteiger partial charge in [-0.05, 0) is 32.7 Å². The van der Waals surface area contributed by atoms with Gasteiger partial charge in [0.25, 0.3) is 0 Å². The molecule has 2 heteroatoms. The maximum atomic E-state index is 9.66. The molecule has 2 nitrogen and oxygen atoms in total. The van der Waals surface area contributed by atoms with Gasteiger partial charge < -0.3 is 10.0 Å². The Balaban J connectivity index is 3.76. The molecule has 0 aromatic carbocycles. The molecular formula is C12H27NO. The lowest BCUT2D eigenvalue weighted by Crippen LogP contribution is -2.36. The van der Waals surface area contributed by atoms with E-state index in [4.69, 9.17) is 0 Å². The van der Waals surface area contributed by atoms with Gasteiger partial charge >= 0.3 is 0 Å². The minimum absolute atomic E-state index is 0.153. The maximum absolute atomic E-state index is 9.66. The average molecular weight is 201 g/mol. The monoisotopic (exact) mass is 201 g/mol. The third-order valence-electron chi connectivity index (χ3n) is 2.69. The van der Waals surface area contributed by atoms with Gasteiger partial charge in [0.1, 0.15) is 0 Å². The highest BCUT2D eigenvalue weighted by Gasteiger charge is 2.14. The van der Waals surface area contributed by atoms with E-state index in [0.29, 0.717) is 6.04 Å². The van der Waals surface area contributed by atoms with Crippen molar-refractivity contribution in [1.29, 1.82) is 0 Å². The lowest BCUT2D eigenvalue weighted by Gasteiger charge is -2.28. The molecule has 0 aromatic heterocycles. The molecule has 14 heavy (non-hydrogen) atoms. The van der Waals surface area contributed by atoms with Gasteiger partial charge in [-0.25, -0.2) is 0 Å². The van der Waals surface area contributed by atoms with Crippen LogP contribution < -0.4 is 0 Å². The predicted molar refractivity (Wildman–Crippen MR) is 62.5 cm³/mol. The van der Waals surface area contributed by atoms with Crippen molar-refractivity contribution in [2.24, 2.45) is 5.92 Å². The van der Waals surface area contributed by atoms with Crippen LogP contribution in [0.15, 0.2) is 0 Å². The third kappa shape index (κ3) is 6.39. The first-order valence-electron chi connectivity index (χ1n) is 5.85. The molecule has 1 N–H and O–H groups in total. The van der Waals surface area contributed by atoms with E-state index in [0.717, 1.165) is 25.3 Å². The summed E-state index contributed by atoms with van der Waals surface area (Å²) in [5, 5.41) is 9.66. The van der Waals surface area contributed by atoms with E-state index in [-0.39, 0.29) is 6.10 Å². The molecule has 0 heterocycles. The number of rotatable bonds is 7. The molecule has 0 amide bonds. The fourth-order valence-corrected chi connectivity index (χ4v) is 1.80. The lowest BCUT2D eigenvalue weighted by molar-refractivity contribution is 0.0950. The average Bonchev–Trinajstić information content (AvgIpc) is 2.02. The highest BCUT2D eigenvalue weighted by atomic mass is 16.3. The molecule has 0 bridgehead atoms. The summed E-state index contributed by atoms with van der Waals surface area (Å²) in [4.78, 5) is 2.26. The van der Waals surface area contributed by atoms with Gasteiger partial charge in [-0.3, -0.25) is 0 Å². The second-order valence-electron chi connectivity index (χ2n) is 4.86. The second-order valence-corrected chi connectivity index (χ2v) is 4.86. The van der Waals surface area contributed by atoms with E-state index in [1.54, 1.807) is 0 Å². The molecule has 0 fully saturated rings. The van der Waals surface area contributed by atoms with Crippen molar-refractivity contribution < 1.29 is 5.11 Å². The normalized spacial score (nSPS) is 16.3. The van der Waals surface area contributed by atoms with Gasteiger partial charge in [0.05, 0.1) is 6.10 Å². The summed E-state index contributed by atoms with van der Waals surface area (Å²) < 4.78 is 0. The number of hydrogen-bond donors (Lipinski definition) is 1. The van der Waals surface area contributed by atoms with Crippen molar-refractivity contribution in [3.05, 3.63) is 0 Å². The van der Waals surface area contributed by atoms with Crippen molar-refractivity contribution in [3.63, 3.8) is 0 Å². The van der Waals surface area contributed by atoms with E-state index in [2.05, 4.69) is 39.6 Å². The topological polar surface area (TPSA) is 23.5 Å². The smallest absolute Gasteiger partial charge is 0.0667 e. The van der Waals surface area contributed by atoms with Gasteiger partial charge in [-0.1, -0.05) is 27.2 Å². The van der Waals surface area contributed by atoms with Crippen LogP contribution in [0.4, 0.5) is 0 Å². The first-order valence-corrected chi connectivity index (χ1v) is 5.85. The number of aliphatic hydroxyl groups is 1. The molecule has 0 rings (SSSR count). The first-order chi connectivity index (χ1) is 6.47. The Kier molecular flexibility index (Phi) is 7.20. The van der Waals surface area contributed by atoms with Gasteiger partial charge in [-0.2, -0.15) is 0 Å². The fraction of sp³-hybridized carbons (Fsp3) is 1.00. The van der Waals surface area contributed by atoms with Crippen LogP contribution in [-0.2, 0) is 0 Å². The summed E-state index contributed by atoms with van der Waals surface area (Å²) >= 11 is 0. The molecule has 0 saturated heterocycles. The molecule has 2 unspecified atom stereocenters. The van der Waals surface area contributed by atoms with Crippen molar-refractivity contribution in [3.8, 4) is 0 Å². The predicted octanol–water partition coefficient (Wildman–Crippen LogP) is 2.51. The molecule has 0 radical (unpaired) electrons. The summed E-state index contributed by atoms with van der Waals surface area (Å²) in [7, 11) is 2.10. The van der Waals surface area contributed by atoms with Crippen LogP contribution >= 0.6 is 0 Å². The van der Waals surface area contributed by atoms with Crippen molar-refractivity contribution >= 4 is 0 Å². The molecular weight excluding hydrogens is 174 g/mol. The molecule has 0 aliphatic carbocycles. The number of nitrogens with zero attached hydrogens (tertiary/aromatic N) is 1. The minimum Gasteiger partial charge on any atom is -0.392 e. The summed E-state index contributed by atoms with van der Waals surface area (Å²) in [5.41, 5.74) is 0. The highest BCUT2D eigenvalue weighted by molar-refractivity contribution is 4.68. The van der Waals surface area contributed by atoms with Crippen molar-refractivity contribution in [2.75, 3.05) is 13.6 Å². The van der Waals surface area contributed by atoms with Crippen LogP contribution in [0, 0.1) is 5.92 Å². The standard InChI is InChI=1S/C12H27NO/c1-6-7-12(14)9-13(5)11(4)8-10(2)3/h10-12,14H,6-9H2,1-5H3. The molecule has 0 aliphatic heterocycles. The van der Waals surface area contributed by atoms with Gasteiger partial charge in [0.15, 0.2) is 0 Å². The summed E-state index contributed by atoms with van der Waals surface area (Å²) in [6, 6.07) is 0.571. The minimum atomic E-state index is -0.153. The zero-order chi connectivity index (χ0) is 11.1. The van der Waals surface area contributed by atoms with Crippen molar-refractivity contribution in [1.82, 2.24) is 4.90 Å². The summed E-state index contributed by atoms with van der Waals surface area (Å²) in [5.74, 6) is 0.732.